The van der Waals surface area contributed by atoms with E-state index >= 15 is 0 Å². The fourth-order valence-corrected chi connectivity index (χ4v) is 1.17. The summed E-state index contributed by atoms with van der Waals surface area (Å²) in [5.74, 6) is -1.38. The molecule has 0 saturated heterocycles. The zero-order valence-corrected chi connectivity index (χ0v) is 8.65. The van der Waals surface area contributed by atoms with Crippen molar-refractivity contribution in [3.05, 3.63) is 27.4 Å². The second-order valence-corrected chi connectivity index (χ2v) is 3.01. The number of pyridine rings is 1. The lowest BCUT2D eigenvalue weighted by molar-refractivity contribution is -0.386. The summed E-state index contributed by atoms with van der Waals surface area (Å²) < 4.78 is 64.0. The first-order valence-corrected chi connectivity index (χ1v) is 4.34. The Morgan fingerprint density at radius 1 is 1.42 bits per heavy atom. The molecule has 104 valence electrons. The zero-order valence-electron chi connectivity index (χ0n) is 8.65. The first kappa shape index (κ1) is 14.7. The lowest BCUT2D eigenvalue weighted by Gasteiger charge is -2.10. The molecule has 0 aliphatic carbocycles. The minimum atomic E-state index is -5.23. The summed E-state index contributed by atoms with van der Waals surface area (Å²) in [4.78, 5) is 22.5. The van der Waals surface area contributed by atoms with Crippen molar-refractivity contribution in [2.24, 2.45) is 0 Å². The van der Waals surface area contributed by atoms with Gasteiger partial charge in [0.1, 0.15) is 5.56 Å². The number of rotatable bonds is 4. The molecule has 0 spiro atoms. The Bertz CT molecular complexity index is 517. The Balaban J connectivity index is 3.45. The van der Waals surface area contributed by atoms with Crippen LogP contribution in [0.4, 0.5) is 27.6 Å². The van der Waals surface area contributed by atoms with Gasteiger partial charge in [-0.15, -0.1) is 13.2 Å². The molecule has 0 saturated carbocycles. The van der Waals surface area contributed by atoms with Crippen molar-refractivity contribution in [1.29, 1.82) is 0 Å². The number of carbonyl (C=O) groups is 1. The molecule has 0 atom stereocenters. The van der Waals surface area contributed by atoms with Crippen LogP contribution in [0.2, 0.25) is 0 Å². The Kier molecular flexibility index (Phi) is 3.97. The summed E-state index contributed by atoms with van der Waals surface area (Å²) in [6.07, 6.45) is -9.02. The fourth-order valence-electron chi connectivity index (χ4n) is 1.17. The highest BCUT2D eigenvalue weighted by Gasteiger charge is 2.35. The van der Waals surface area contributed by atoms with Crippen LogP contribution in [0.5, 0.6) is 5.88 Å². The third-order valence-corrected chi connectivity index (χ3v) is 1.78. The maximum absolute atomic E-state index is 12.5. The topological polar surface area (TPSA) is 82.3 Å². The van der Waals surface area contributed by atoms with Crippen LogP contribution in [0.1, 0.15) is 22.5 Å². The number of halogens is 5. The van der Waals surface area contributed by atoms with Crippen molar-refractivity contribution in [3.63, 3.8) is 0 Å². The van der Waals surface area contributed by atoms with Crippen LogP contribution in [0.3, 0.4) is 0 Å². The lowest BCUT2D eigenvalue weighted by atomic mass is 10.2. The van der Waals surface area contributed by atoms with E-state index in [9.17, 15) is 36.9 Å². The van der Waals surface area contributed by atoms with Gasteiger partial charge < -0.3 is 4.74 Å². The summed E-state index contributed by atoms with van der Waals surface area (Å²) in [6, 6.07) is 0.0588. The summed E-state index contributed by atoms with van der Waals surface area (Å²) in [5.41, 5.74) is -3.93. The first-order chi connectivity index (χ1) is 8.65. The number of nitro groups is 1. The van der Waals surface area contributed by atoms with Gasteiger partial charge >= 0.3 is 12.0 Å². The van der Waals surface area contributed by atoms with Crippen LogP contribution in [0.25, 0.3) is 0 Å². The van der Waals surface area contributed by atoms with Gasteiger partial charge in [0.15, 0.2) is 12.0 Å². The summed E-state index contributed by atoms with van der Waals surface area (Å²) in [6.45, 7) is 0. The van der Waals surface area contributed by atoms with Crippen molar-refractivity contribution in [2.75, 3.05) is 0 Å². The first-order valence-electron chi connectivity index (χ1n) is 4.34. The number of carbonyl (C=O) groups excluding carboxylic acids is 1. The van der Waals surface area contributed by atoms with E-state index in [2.05, 4.69) is 9.72 Å². The number of hydrogen-bond donors (Lipinski definition) is 0. The maximum Gasteiger partial charge on any atom is 0.574 e. The summed E-state index contributed by atoms with van der Waals surface area (Å²) in [7, 11) is 0. The van der Waals surface area contributed by atoms with Gasteiger partial charge in [-0.3, -0.25) is 14.9 Å². The maximum atomic E-state index is 12.5. The predicted molar refractivity (Wildman–Crippen MR) is 47.9 cm³/mol. The third-order valence-electron chi connectivity index (χ3n) is 1.78. The molecule has 6 nitrogen and oxygen atoms in total. The monoisotopic (exact) mass is 286 g/mol. The van der Waals surface area contributed by atoms with Gasteiger partial charge in [0.25, 0.3) is 6.43 Å². The van der Waals surface area contributed by atoms with Crippen molar-refractivity contribution >= 4 is 12.0 Å². The largest absolute Gasteiger partial charge is 0.574 e. The molecule has 0 fully saturated rings. The van der Waals surface area contributed by atoms with E-state index in [1.807, 2.05) is 0 Å². The van der Waals surface area contributed by atoms with Gasteiger partial charge in [-0.2, -0.15) is 0 Å². The van der Waals surface area contributed by atoms with Crippen molar-refractivity contribution < 1.29 is 36.4 Å². The minimum Gasteiger partial charge on any atom is -0.388 e. The highest BCUT2D eigenvalue weighted by molar-refractivity contribution is 5.80. The minimum absolute atomic E-state index is 0.0588. The van der Waals surface area contributed by atoms with Gasteiger partial charge in [0, 0.05) is 6.07 Å². The molecule has 1 aromatic rings. The third kappa shape index (κ3) is 3.56. The predicted octanol–water partition coefficient (Wildman–Crippen LogP) is 2.64. The molecule has 1 rings (SSSR count). The van der Waals surface area contributed by atoms with Crippen LogP contribution in [0, 0.1) is 10.1 Å². The molecular formula is C8H3F5N2O4. The Morgan fingerprint density at radius 3 is 2.37 bits per heavy atom. The molecule has 11 heteroatoms. The molecule has 0 radical (unpaired) electrons. The van der Waals surface area contributed by atoms with Gasteiger partial charge in [-0.25, -0.2) is 13.8 Å². The van der Waals surface area contributed by atoms with Crippen LogP contribution >= 0.6 is 0 Å². The van der Waals surface area contributed by atoms with Gasteiger partial charge in [0.2, 0.25) is 5.88 Å². The molecule has 0 unspecified atom stereocenters. The number of hydrogen-bond acceptors (Lipinski definition) is 5. The second-order valence-electron chi connectivity index (χ2n) is 3.01. The van der Waals surface area contributed by atoms with Crippen LogP contribution in [-0.2, 0) is 0 Å². The normalized spacial score (nSPS) is 11.5. The smallest absolute Gasteiger partial charge is 0.388 e. The van der Waals surface area contributed by atoms with Crippen molar-refractivity contribution in [3.8, 4) is 5.88 Å². The molecule has 0 bridgehead atoms. The van der Waals surface area contributed by atoms with E-state index in [1.165, 1.54) is 0 Å². The number of aldehydes is 1. The van der Waals surface area contributed by atoms with Gasteiger partial charge in [0.05, 0.1) is 4.92 Å². The molecule has 0 N–H and O–H groups in total. The average Bonchev–Trinajstić information content (AvgIpc) is 2.24. The highest BCUT2D eigenvalue weighted by atomic mass is 19.4. The SMILES string of the molecule is O=Cc1nc(OC(F)(F)F)cc(C(F)F)c1[N+](=O)[O-]. The lowest BCUT2D eigenvalue weighted by Crippen LogP contribution is -2.19. The molecule has 19 heavy (non-hydrogen) atoms. The molecule has 0 aliphatic rings. The van der Waals surface area contributed by atoms with E-state index < -0.39 is 40.5 Å². The molecule has 0 aromatic carbocycles. The molecule has 1 aromatic heterocycles. The Labute approximate surface area is 101 Å². The van der Waals surface area contributed by atoms with Crippen LogP contribution < -0.4 is 4.74 Å². The second kappa shape index (κ2) is 5.12. The standard InChI is InChI=1S/C8H3F5N2O4/c9-7(10)3-1-5(19-8(11,12)13)14-4(2-16)6(3)15(17)18/h1-2,7H. The van der Waals surface area contributed by atoms with E-state index in [0.29, 0.717) is 0 Å². The van der Waals surface area contributed by atoms with Gasteiger partial charge in [-0.1, -0.05) is 0 Å². The molecule has 0 aliphatic heterocycles. The number of ether oxygens (including phenoxy) is 1. The van der Waals surface area contributed by atoms with E-state index in [0.717, 1.165) is 0 Å². The zero-order chi connectivity index (χ0) is 14.8. The fraction of sp³-hybridized carbons (Fsp3) is 0.250. The van der Waals surface area contributed by atoms with Crippen LogP contribution in [-0.4, -0.2) is 22.6 Å². The highest BCUT2D eigenvalue weighted by Crippen LogP contribution is 2.34. The summed E-state index contributed by atoms with van der Waals surface area (Å²) >= 11 is 0. The van der Waals surface area contributed by atoms with Crippen molar-refractivity contribution in [1.82, 2.24) is 4.98 Å². The number of nitrogens with zero attached hydrogens (tertiary/aromatic N) is 2. The molecule has 1 heterocycles. The van der Waals surface area contributed by atoms with Crippen molar-refractivity contribution in [2.45, 2.75) is 12.8 Å². The van der Waals surface area contributed by atoms with Crippen LogP contribution in [0.15, 0.2) is 6.07 Å². The summed E-state index contributed by atoms with van der Waals surface area (Å²) in [5, 5.41) is 10.5. The number of alkyl halides is 5. The van der Waals surface area contributed by atoms with E-state index in [-0.39, 0.29) is 12.4 Å². The van der Waals surface area contributed by atoms with E-state index in [1.54, 1.807) is 0 Å². The molecule has 0 amide bonds. The van der Waals surface area contributed by atoms with E-state index in [4.69, 9.17) is 0 Å². The average molecular weight is 286 g/mol. The Hall–Kier alpha value is -2.33. The quantitative estimate of drug-likeness (QED) is 0.368. The van der Waals surface area contributed by atoms with Gasteiger partial charge in [-0.05, 0) is 0 Å². The number of aromatic nitrogens is 1. The molecular weight excluding hydrogens is 283 g/mol. The Morgan fingerprint density at radius 2 is 2.00 bits per heavy atom.